The first kappa shape index (κ1) is 18.9. The Morgan fingerprint density at radius 3 is 1.06 bits per heavy atom. The van der Waals surface area contributed by atoms with Gasteiger partial charge in [0.05, 0.1) is 0 Å². The van der Waals surface area contributed by atoms with Gasteiger partial charge >= 0.3 is 0 Å². The Labute approximate surface area is 141 Å². The monoisotopic (exact) mass is 474 g/mol. The van der Waals surface area contributed by atoms with E-state index in [0.29, 0.717) is 0 Å². The molecule has 0 nitrogen and oxygen atoms in total. The molecule has 106 valence electrons. The van der Waals surface area contributed by atoms with Gasteiger partial charge in [-0.25, -0.2) is 0 Å². The Morgan fingerprint density at radius 1 is 0.556 bits per heavy atom. The summed E-state index contributed by atoms with van der Waals surface area (Å²) >= 11 is 5.17. The number of allylic oxidation sites excluding steroid dienone is 4. The highest BCUT2D eigenvalue weighted by atomic mass is 127. The molecule has 18 heavy (non-hydrogen) atoms. The molecule has 0 aromatic heterocycles. The van der Waals surface area contributed by atoms with E-state index < -0.39 is 0 Å². The van der Waals surface area contributed by atoms with Gasteiger partial charge in [-0.1, -0.05) is 53.4 Å². The highest BCUT2D eigenvalue weighted by molar-refractivity contribution is 14.1. The molecular weight excluding hydrogens is 446 g/mol. The lowest BCUT2D eigenvalue weighted by molar-refractivity contribution is 0.821. The van der Waals surface area contributed by atoms with E-state index in [9.17, 15) is 0 Å². The number of hydrogen-bond donors (Lipinski definition) is 0. The maximum Gasteiger partial charge on any atom is -0.00591 e. The van der Waals surface area contributed by atoms with E-state index in [-0.39, 0.29) is 0 Å². The summed E-state index contributed by atoms with van der Waals surface area (Å²) < 4.78 is 3.20. The van der Waals surface area contributed by atoms with Crippen LogP contribution in [0.4, 0.5) is 0 Å². The lowest BCUT2D eigenvalue weighted by atomic mass is 9.95. The molecule has 0 aliphatic carbocycles. The van der Waals surface area contributed by atoms with Crippen LogP contribution in [0, 0.1) is 0 Å². The van der Waals surface area contributed by atoms with Crippen molar-refractivity contribution in [2.24, 2.45) is 0 Å². The van der Waals surface area contributed by atoms with Gasteiger partial charge in [0.15, 0.2) is 0 Å². The van der Waals surface area contributed by atoms with Crippen molar-refractivity contribution in [3.8, 4) is 0 Å². The molecule has 0 aromatic rings. The van der Waals surface area contributed by atoms with Gasteiger partial charge in [0, 0.05) is 0 Å². The van der Waals surface area contributed by atoms with E-state index in [4.69, 9.17) is 0 Å². The predicted molar refractivity (Wildman–Crippen MR) is 102 cm³/mol. The van der Waals surface area contributed by atoms with Crippen LogP contribution in [-0.2, 0) is 0 Å². The van der Waals surface area contributed by atoms with Crippen molar-refractivity contribution in [1.82, 2.24) is 0 Å². The summed E-state index contributed by atoms with van der Waals surface area (Å²) in [6.45, 7) is 9.16. The van der Waals surface area contributed by atoms with Gasteiger partial charge in [0.1, 0.15) is 0 Å². The molecule has 0 aliphatic heterocycles. The molecule has 0 aromatic carbocycles. The summed E-state index contributed by atoms with van der Waals surface area (Å²) in [6, 6.07) is 0. The zero-order valence-electron chi connectivity index (χ0n) is 12.4. The van der Waals surface area contributed by atoms with Crippen molar-refractivity contribution in [3.63, 3.8) is 0 Å². The Morgan fingerprint density at radius 2 is 0.833 bits per heavy atom. The normalized spacial score (nSPS) is 14.3. The smallest absolute Gasteiger partial charge is 0.00591 e. The zero-order valence-corrected chi connectivity index (χ0v) is 16.7. The van der Waals surface area contributed by atoms with Gasteiger partial charge < -0.3 is 0 Å². The molecule has 0 saturated carbocycles. The van der Waals surface area contributed by atoms with E-state index in [1.807, 2.05) is 0 Å². The zero-order chi connectivity index (χ0) is 14.0. The van der Waals surface area contributed by atoms with Crippen LogP contribution in [0.25, 0.3) is 0 Å². The second-order valence-corrected chi connectivity index (χ2v) is 7.37. The summed E-state index contributed by atoms with van der Waals surface area (Å²) in [7, 11) is 0. The topological polar surface area (TPSA) is 0 Å². The Balaban J connectivity index is 5.35. The fourth-order valence-corrected chi connectivity index (χ4v) is 4.41. The molecule has 0 fully saturated rings. The van der Waals surface area contributed by atoms with Gasteiger partial charge in [0.2, 0.25) is 0 Å². The Bertz CT molecular complexity index is 257. The van der Waals surface area contributed by atoms with Crippen LogP contribution in [-0.4, -0.2) is 0 Å². The average Bonchev–Trinajstić information content (AvgIpc) is 2.34. The van der Waals surface area contributed by atoms with Crippen molar-refractivity contribution in [1.29, 1.82) is 0 Å². The molecular formula is C16H28I2. The van der Waals surface area contributed by atoms with Crippen LogP contribution >= 0.6 is 45.2 Å². The van der Waals surface area contributed by atoms with Gasteiger partial charge in [0.25, 0.3) is 0 Å². The van der Waals surface area contributed by atoms with Crippen LogP contribution in [0.5, 0.6) is 0 Å². The standard InChI is InChI=1S/C16H28I2/c1-5-9-13(15(17)11-7-3)14(10-6-2)16(18)12-8-4/h5-12H2,1-4H3/b15-13-,16-14-. The molecule has 0 amide bonds. The first-order valence-corrected chi connectivity index (χ1v) is 9.53. The fraction of sp³-hybridized carbons (Fsp3) is 0.750. The quantitative estimate of drug-likeness (QED) is 0.239. The average molecular weight is 474 g/mol. The first-order valence-electron chi connectivity index (χ1n) is 7.37. The van der Waals surface area contributed by atoms with E-state index >= 15 is 0 Å². The lowest BCUT2D eigenvalue weighted by Gasteiger charge is -2.17. The molecule has 0 rings (SSSR count). The predicted octanol–water partition coefficient (Wildman–Crippen LogP) is 7.57. The second kappa shape index (κ2) is 11.7. The number of halogens is 2. The summed E-state index contributed by atoms with van der Waals surface area (Å²) in [5, 5.41) is 0. The Hall–Kier alpha value is 0.940. The third-order valence-electron chi connectivity index (χ3n) is 2.96. The minimum atomic E-state index is 1.25. The van der Waals surface area contributed by atoms with Crippen LogP contribution < -0.4 is 0 Å². The van der Waals surface area contributed by atoms with Crippen molar-refractivity contribution < 1.29 is 0 Å². The molecule has 0 spiro atoms. The van der Waals surface area contributed by atoms with Crippen molar-refractivity contribution in [3.05, 3.63) is 18.3 Å². The highest BCUT2D eigenvalue weighted by Crippen LogP contribution is 2.35. The molecule has 0 heterocycles. The summed E-state index contributed by atoms with van der Waals surface area (Å²) in [5.74, 6) is 0. The largest absolute Gasteiger partial charge is 0.0651 e. The minimum absolute atomic E-state index is 1.25. The third-order valence-corrected chi connectivity index (χ3v) is 5.34. The molecule has 0 bridgehead atoms. The highest BCUT2D eigenvalue weighted by Gasteiger charge is 2.12. The second-order valence-electron chi connectivity index (χ2n) is 4.77. The van der Waals surface area contributed by atoms with Gasteiger partial charge in [-0.05, 0) is 89.2 Å². The summed E-state index contributed by atoms with van der Waals surface area (Å²) in [6.07, 6.45) is 10.0. The fourth-order valence-electron chi connectivity index (χ4n) is 2.14. The molecule has 0 unspecified atom stereocenters. The van der Waals surface area contributed by atoms with Gasteiger partial charge in [-0.2, -0.15) is 0 Å². The molecule has 0 saturated heterocycles. The lowest BCUT2D eigenvalue weighted by Crippen LogP contribution is -1.96. The number of hydrogen-bond acceptors (Lipinski definition) is 0. The molecule has 0 radical (unpaired) electrons. The van der Waals surface area contributed by atoms with E-state index in [1.165, 1.54) is 51.4 Å². The molecule has 0 atom stereocenters. The maximum atomic E-state index is 2.59. The van der Waals surface area contributed by atoms with Crippen LogP contribution in [0.3, 0.4) is 0 Å². The van der Waals surface area contributed by atoms with Crippen molar-refractivity contribution >= 4 is 45.2 Å². The number of rotatable bonds is 9. The Kier molecular flexibility index (Phi) is 12.4. The van der Waals surface area contributed by atoms with Crippen molar-refractivity contribution in [2.45, 2.75) is 79.1 Å². The van der Waals surface area contributed by atoms with Crippen LogP contribution in [0.1, 0.15) is 79.1 Å². The minimum Gasteiger partial charge on any atom is -0.0651 e. The first-order chi connectivity index (χ1) is 8.62. The summed E-state index contributed by atoms with van der Waals surface area (Å²) in [4.78, 5) is 0. The van der Waals surface area contributed by atoms with E-state index in [0.717, 1.165) is 0 Å². The molecule has 0 aliphatic rings. The van der Waals surface area contributed by atoms with E-state index in [2.05, 4.69) is 72.9 Å². The molecule has 2 heteroatoms. The van der Waals surface area contributed by atoms with Crippen LogP contribution in [0.15, 0.2) is 18.3 Å². The van der Waals surface area contributed by atoms with Gasteiger partial charge in [-0.15, -0.1) is 0 Å². The summed E-state index contributed by atoms with van der Waals surface area (Å²) in [5.41, 5.74) is 3.33. The molecule has 0 N–H and O–H groups in total. The third kappa shape index (κ3) is 6.92. The van der Waals surface area contributed by atoms with Crippen LogP contribution in [0.2, 0.25) is 0 Å². The maximum absolute atomic E-state index is 2.59. The van der Waals surface area contributed by atoms with Gasteiger partial charge in [-0.3, -0.25) is 0 Å². The van der Waals surface area contributed by atoms with Crippen molar-refractivity contribution in [2.75, 3.05) is 0 Å². The SMILES string of the molecule is CCC/C(I)=C(CCC)/C(CCC)=C(\I)CCC. The van der Waals surface area contributed by atoms with E-state index in [1.54, 1.807) is 18.3 Å².